The minimum atomic E-state index is -0.0839. The molecule has 1 atom stereocenters. The van der Waals surface area contributed by atoms with Gasteiger partial charge < -0.3 is 31.5 Å². The Labute approximate surface area is 297 Å². The van der Waals surface area contributed by atoms with Crippen LogP contribution in [0.25, 0.3) is 0 Å². The van der Waals surface area contributed by atoms with Crippen LogP contribution in [0.1, 0.15) is 19.8 Å². The highest BCUT2D eigenvalue weighted by atomic mass is 33.1. The van der Waals surface area contributed by atoms with E-state index in [0.29, 0.717) is 50.5 Å². The molecule has 1 unspecified atom stereocenters. The van der Waals surface area contributed by atoms with Gasteiger partial charge in [0, 0.05) is 93.5 Å². The number of carbonyl (C=O) groups excluding carboxylic acids is 2. The summed E-state index contributed by atoms with van der Waals surface area (Å²) in [6.07, 6.45) is 8.38. The number of aryl methyl sites for hydroxylation is 2. The van der Waals surface area contributed by atoms with Crippen LogP contribution in [0.4, 0.5) is 28.7 Å². The van der Waals surface area contributed by atoms with Gasteiger partial charge in [0.2, 0.25) is 11.8 Å². The number of rotatable bonds is 22. The largest absolute Gasteiger partial charge is 0.421 e. The zero-order valence-electron chi connectivity index (χ0n) is 28.9. The molecule has 3 rings (SSSR count). The van der Waals surface area contributed by atoms with Crippen molar-refractivity contribution in [3.8, 4) is 0 Å². The van der Waals surface area contributed by atoms with E-state index in [-0.39, 0.29) is 18.0 Å². The number of aromatic nitrogens is 2. The molecule has 1 aromatic heterocycles. The van der Waals surface area contributed by atoms with Crippen LogP contribution in [-0.4, -0.2) is 79.2 Å². The average molecular weight is 710 g/mol. The quantitative estimate of drug-likeness (QED) is 0.0411. The number of benzene rings is 2. The molecule has 0 bridgehead atoms. The number of nitrogens with zero attached hydrogens (tertiary/aromatic N) is 7. The average Bonchev–Trinajstić information content (AvgIpc) is 3.43. The van der Waals surface area contributed by atoms with E-state index in [4.69, 9.17) is 0 Å². The second-order valence-corrected chi connectivity index (χ2v) is 13.6. The molecule has 5 N–H and O–H groups in total. The fourth-order valence-corrected chi connectivity index (χ4v) is 6.03. The zero-order chi connectivity index (χ0) is 35.3. The molecule has 0 aliphatic carbocycles. The van der Waals surface area contributed by atoms with Gasteiger partial charge in [-0.05, 0) is 55.5 Å². The molecule has 0 fully saturated rings. The van der Waals surface area contributed by atoms with Crippen LogP contribution < -0.4 is 31.2 Å². The van der Waals surface area contributed by atoms with Gasteiger partial charge in [-0.2, -0.15) is 10.2 Å². The summed E-state index contributed by atoms with van der Waals surface area (Å²) in [4.78, 5) is 26.3. The summed E-state index contributed by atoms with van der Waals surface area (Å²) in [5.74, 6) is 2.16. The second kappa shape index (κ2) is 22.1. The highest BCUT2D eigenvalue weighted by Crippen LogP contribution is 2.23. The first kappa shape index (κ1) is 38.9. The fraction of sp³-hybridized carbons (Fsp3) is 0.424. The highest BCUT2D eigenvalue weighted by molar-refractivity contribution is 8.76. The van der Waals surface area contributed by atoms with Crippen LogP contribution in [0.3, 0.4) is 0 Å². The zero-order valence-corrected chi connectivity index (χ0v) is 30.6. The van der Waals surface area contributed by atoms with Crippen LogP contribution in [-0.2, 0) is 23.7 Å². The molecule has 0 saturated carbocycles. The summed E-state index contributed by atoms with van der Waals surface area (Å²) >= 11 is 0. The molecule has 264 valence electrons. The van der Waals surface area contributed by atoms with Crippen molar-refractivity contribution >= 4 is 62.1 Å². The molecular formula is C33H49N12O2S2+. The normalized spacial score (nSPS) is 12.0. The number of hydrogen-bond acceptors (Lipinski definition) is 12. The Kier molecular flexibility index (Phi) is 17.6. The molecule has 3 aromatic rings. The van der Waals surface area contributed by atoms with E-state index in [1.165, 1.54) is 0 Å². The molecule has 0 aliphatic heterocycles. The van der Waals surface area contributed by atoms with E-state index in [1.807, 2.05) is 122 Å². The Hall–Kier alpha value is -4.57. The predicted molar refractivity (Wildman–Crippen MR) is 201 cm³/mol. The molecule has 2 amide bonds. The maximum atomic E-state index is 12.2. The van der Waals surface area contributed by atoms with Crippen LogP contribution in [0.15, 0.2) is 93.8 Å². The number of anilines is 2. The van der Waals surface area contributed by atoms with Crippen molar-refractivity contribution in [2.24, 2.45) is 34.6 Å². The summed E-state index contributed by atoms with van der Waals surface area (Å²) < 4.78 is 3.80. The molecule has 0 radical (unpaired) electrons. The van der Waals surface area contributed by atoms with Crippen molar-refractivity contribution in [1.29, 1.82) is 0 Å². The van der Waals surface area contributed by atoms with Crippen molar-refractivity contribution in [1.82, 2.24) is 25.4 Å². The monoisotopic (exact) mass is 709 g/mol. The van der Waals surface area contributed by atoms with E-state index in [2.05, 4.69) is 47.0 Å². The number of carbonyl (C=O) groups is 2. The minimum Gasteiger partial charge on any atom is -0.393 e. The van der Waals surface area contributed by atoms with Gasteiger partial charge in [-0.15, -0.1) is 0 Å². The first-order chi connectivity index (χ1) is 23.7. The number of amides is 2. The number of azo groups is 2. The Bertz CT molecular complexity index is 1490. The summed E-state index contributed by atoms with van der Waals surface area (Å²) in [6, 6.07) is 15.4. The van der Waals surface area contributed by atoms with E-state index >= 15 is 0 Å². The lowest BCUT2D eigenvalue weighted by Gasteiger charge is -2.17. The highest BCUT2D eigenvalue weighted by Gasteiger charge is 2.10. The Morgan fingerprint density at radius 1 is 0.857 bits per heavy atom. The molecule has 0 spiro atoms. The number of nitrogens with one attached hydrogen (secondary N) is 5. The van der Waals surface area contributed by atoms with Crippen LogP contribution in [0, 0.1) is 0 Å². The summed E-state index contributed by atoms with van der Waals surface area (Å²) in [7, 11) is 10.9. The van der Waals surface area contributed by atoms with Gasteiger partial charge in [0.1, 0.15) is 11.9 Å². The van der Waals surface area contributed by atoms with E-state index in [0.717, 1.165) is 28.7 Å². The summed E-state index contributed by atoms with van der Waals surface area (Å²) in [5.41, 5.74) is 3.43. The third kappa shape index (κ3) is 15.5. The van der Waals surface area contributed by atoms with Gasteiger partial charge in [-0.3, -0.25) is 9.59 Å². The Morgan fingerprint density at radius 3 is 1.88 bits per heavy atom. The van der Waals surface area contributed by atoms with E-state index in [9.17, 15) is 9.59 Å². The smallest absolute Gasteiger partial charge is 0.393 e. The van der Waals surface area contributed by atoms with Gasteiger partial charge >= 0.3 is 5.95 Å². The van der Waals surface area contributed by atoms with Gasteiger partial charge in [0.15, 0.2) is 0 Å². The molecular weight excluding hydrogens is 661 g/mol. The molecule has 1 heterocycles. The molecule has 0 aliphatic rings. The Balaban J connectivity index is 1.15. The lowest BCUT2D eigenvalue weighted by molar-refractivity contribution is -0.657. The van der Waals surface area contributed by atoms with Gasteiger partial charge in [-0.1, -0.05) is 26.7 Å². The van der Waals surface area contributed by atoms with E-state index in [1.54, 1.807) is 21.6 Å². The summed E-state index contributed by atoms with van der Waals surface area (Å²) in [6.45, 7) is 4.26. The number of imidazole rings is 1. The molecule has 14 nitrogen and oxygen atoms in total. The van der Waals surface area contributed by atoms with Crippen molar-refractivity contribution in [3.05, 3.63) is 73.3 Å². The molecule has 16 heteroatoms. The lowest BCUT2D eigenvalue weighted by Crippen LogP contribution is -2.29. The summed E-state index contributed by atoms with van der Waals surface area (Å²) in [5, 5.41) is 32.6. The maximum absolute atomic E-state index is 12.2. The maximum Gasteiger partial charge on any atom is 0.421 e. The van der Waals surface area contributed by atoms with Crippen molar-refractivity contribution in [3.63, 3.8) is 0 Å². The van der Waals surface area contributed by atoms with Crippen LogP contribution in [0.2, 0.25) is 0 Å². The van der Waals surface area contributed by atoms with Crippen LogP contribution >= 0.6 is 21.6 Å². The van der Waals surface area contributed by atoms with Gasteiger partial charge in [0.25, 0.3) is 0 Å². The van der Waals surface area contributed by atoms with Crippen molar-refractivity contribution in [2.75, 3.05) is 62.4 Å². The van der Waals surface area contributed by atoms with Gasteiger partial charge in [0.05, 0.1) is 32.2 Å². The first-order valence-electron chi connectivity index (χ1n) is 16.1. The SMILES string of the molecule is CN/C=C\N(C)C(C)N=Nc1ccc(NCCNC(=O)CCSSCCC(=O)NCCNc2ccc(N=Nc3n(C)cc[n+]3C)cc2)cc1. The molecule has 49 heavy (non-hydrogen) atoms. The lowest BCUT2D eigenvalue weighted by atomic mass is 10.3. The van der Waals surface area contributed by atoms with Crippen molar-refractivity contribution in [2.45, 2.75) is 25.9 Å². The molecule has 2 aromatic carbocycles. The second-order valence-electron chi connectivity index (χ2n) is 10.9. The van der Waals surface area contributed by atoms with Crippen molar-refractivity contribution < 1.29 is 14.2 Å². The van der Waals surface area contributed by atoms with Crippen LogP contribution in [0.5, 0.6) is 0 Å². The molecule has 0 saturated heterocycles. The fourth-order valence-electron chi connectivity index (χ4n) is 4.05. The van der Waals surface area contributed by atoms with E-state index < -0.39 is 0 Å². The predicted octanol–water partition coefficient (Wildman–Crippen LogP) is 5.24. The third-order valence-electron chi connectivity index (χ3n) is 7.00. The first-order valence-corrected chi connectivity index (χ1v) is 18.6. The van der Waals surface area contributed by atoms with Gasteiger partial charge in [-0.25, -0.2) is 9.13 Å². The Morgan fingerprint density at radius 2 is 1.39 bits per heavy atom. The number of hydrogen-bond donors (Lipinski definition) is 5. The minimum absolute atomic E-state index is 0.0135. The third-order valence-corrected chi connectivity index (χ3v) is 9.41. The topological polar surface area (TPSA) is 156 Å². The standard InChI is InChI=1S/C33H48N12O2S2/c1-26(43(3)21-20-34-2)39-40-29-10-6-27(7-11-29)35-16-18-37-31(46)14-24-48-49-25-15-32(47)38-19-17-36-28-8-12-30(13-9-28)41-42-33-44(4)22-23-45(33)5/h6-13,20-23,26,34H,14-19,24-25H2,1-5H3,(H3,35,37,38,39,46,47)/p+1/b21-20-.